The van der Waals surface area contributed by atoms with Gasteiger partial charge in [0.2, 0.25) is 0 Å². The zero-order chi connectivity index (χ0) is 13.9. The van der Waals surface area contributed by atoms with Crippen LogP contribution in [0.3, 0.4) is 0 Å². The molecule has 1 aliphatic heterocycles. The number of thioether (sulfide) groups is 1. The van der Waals surface area contributed by atoms with Crippen LogP contribution in [0.2, 0.25) is 0 Å². The van der Waals surface area contributed by atoms with E-state index >= 15 is 0 Å². The van der Waals surface area contributed by atoms with Gasteiger partial charge in [-0.05, 0) is 35.7 Å². The Kier molecular flexibility index (Phi) is 4.08. The molecule has 0 bridgehead atoms. The van der Waals surface area contributed by atoms with Crippen LogP contribution in [0, 0.1) is 5.82 Å². The van der Waals surface area contributed by atoms with Crippen LogP contribution in [0.1, 0.15) is 35.7 Å². The van der Waals surface area contributed by atoms with Crippen molar-refractivity contribution in [1.29, 1.82) is 0 Å². The molecule has 0 aliphatic carbocycles. The van der Waals surface area contributed by atoms with Gasteiger partial charge in [-0.1, -0.05) is 36.4 Å². The fraction of sp³-hybridized carbons (Fsp3) is 0.294. The quantitative estimate of drug-likeness (QED) is 0.894. The summed E-state index contributed by atoms with van der Waals surface area (Å²) in [7, 11) is 0. The first kappa shape index (κ1) is 13.7. The van der Waals surface area contributed by atoms with Gasteiger partial charge in [0.05, 0.1) is 0 Å². The Morgan fingerprint density at radius 2 is 2.05 bits per heavy atom. The summed E-state index contributed by atoms with van der Waals surface area (Å²) in [6.45, 7) is 2.09. The summed E-state index contributed by atoms with van der Waals surface area (Å²) in [5.41, 5.74) is 3.79. The topological polar surface area (TPSA) is 12.0 Å². The van der Waals surface area contributed by atoms with Crippen LogP contribution >= 0.6 is 11.8 Å². The van der Waals surface area contributed by atoms with Gasteiger partial charge in [0, 0.05) is 23.6 Å². The fourth-order valence-electron chi connectivity index (χ4n) is 2.69. The van der Waals surface area contributed by atoms with Crippen molar-refractivity contribution in [3.05, 3.63) is 71.0 Å². The van der Waals surface area contributed by atoms with Crippen molar-refractivity contribution in [1.82, 2.24) is 5.32 Å². The molecule has 2 aromatic carbocycles. The standard InChI is InChI=1S/C17H18FNS/c1-12(13-6-4-7-15(18)9-13)19-17-11-20-10-14-5-2-3-8-16(14)17/h2-9,12,17,19H,10-11H2,1H3/t12-,17?/m0/s1. The normalized spacial score (nSPS) is 19.4. The van der Waals surface area contributed by atoms with E-state index in [1.54, 1.807) is 12.1 Å². The van der Waals surface area contributed by atoms with Crippen molar-refractivity contribution in [3.63, 3.8) is 0 Å². The number of rotatable bonds is 3. The molecule has 0 amide bonds. The zero-order valence-electron chi connectivity index (χ0n) is 11.5. The molecule has 1 unspecified atom stereocenters. The van der Waals surface area contributed by atoms with Crippen LogP contribution in [0.5, 0.6) is 0 Å². The van der Waals surface area contributed by atoms with Crippen LogP contribution in [0.15, 0.2) is 48.5 Å². The van der Waals surface area contributed by atoms with Crippen molar-refractivity contribution in [2.75, 3.05) is 5.75 Å². The first-order valence-electron chi connectivity index (χ1n) is 6.91. The average molecular weight is 287 g/mol. The van der Waals surface area contributed by atoms with Crippen molar-refractivity contribution in [2.24, 2.45) is 0 Å². The second-order valence-electron chi connectivity index (χ2n) is 5.21. The lowest BCUT2D eigenvalue weighted by atomic mass is 10.00. The van der Waals surface area contributed by atoms with Gasteiger partial charge in [-0.25, -0.2) is 4.39 Å². The summed E-state index contributed by atoms with van der Waals surface area (Å²) in [6.07, 6.45) is 0. The highest BCUT2D eigenvalue weighted by molar-refractivity contribution is 7.98. The molecule has 0 saturated carbocycles. The van der Waals surface area contributed by atoms with Gasteiger partial charge in [0.1, 0.15) is 5.82 Å². The first-order valence-corrected chi connectivity index (χ1v) is 8.06. The Bertz CT molecular complexity index is 599. The molecule has 1 nitrogen and oxygen atoms in total. The van der Waals surface area contributed by atoms with E-state index in [9.17, 15) is 4.39 Å². The summed E-state index contributed by atoms with van der Waals surface area (Å²) in [4.78, 5) is 0. The molecule has 104 valence electrons. The maximum absolute atomic E-state index is 13.3. The highest BCUT2D eigenvalue weighted by Gasteiger charge is 2.21. The van der Waals surface area contributed by atoms with Crippen LogP contribution < -0.4 is 5.32 Å². The lowest BCUT2D eigenvalue weighted by Crippen LogP contribution is -2.29. The molecule has 2 aromatic rings. The van der Waals surface area contributed by atoms with E-state index in [4.69, 9.17) is 0 Å². The van der Waals surface area contributed by atoms with E-state index < -0.39 is 0 Å². The second-order valence-corrected chi connectivity index (χ2v) is 6.24. The van der Waals surface area contributed by atoms with E-state index in [0.717, 1.165) is 17.1 Å². The number of nitrogens with one attached hydrogen (secondary N) is 1. The van der Waals surface area contributed by atoms with E-state index in [-0.39, 0.29) is 11.9 Å². The predicted octanol–water partition coefficient (Wildman–Crippen LogP) is 4.46. The third-order valence-corrected chi connectivity index (χ3v) is 4.86. The van der Waals surface area contributed by atoms with Crippen LogP contribution in [-0.2, 0) is 5.75 Å². The van der Waals surface area contributed by atoms with Crippen LogP contribution in [0.25, 0.3) is 0 Å². The molecular formula is C17H18FNS. The molecule has 0 radical (unpaired) electrons. The smallest absolute Gasteiger partial charge is 0.123 e. The lowest BCUT2D eigenvalue weighted by molar-refractivity contribution is 0.493. The van der Waals surface area contributed by atoms with Gasteiger partial charge in [-0.3, -0.25) is 0 Å². The molecule has 3 heteroatoms. The van der Waals surface area contributed by atoms with E-state index in [2.05, 4.69) is 36.5 Å². The fourth-order valence-corrected chi connectivity index (χ4v) is 3.81. The Morgan fingerprint density at radius 1 is 1.20 bits per heavy atom. The van der Waals surface area contributed by atoms with Crippen LogP contribution in [-0.4, -0.2) is 5.75 Å². The summed E-state index contributed by atoms with van der Waals surface area (Å²) in [5, 5.41) is 3.63. The molecule has 20 heavy (non-hydrogen) atoms. The molecular weight excluding hydrogens is 269 g/mol. The van der Waals surface area contributed by atoms with Gasteiger partial charge in [0.15, 0.2) is 0 Å². The Hall–Kier alpha value is -1.32. The van der Waals surface area contributed by atoms with Gasteiger partial charge < -0.3 is 5.32 Å². The van der Waals surface area contributed by atoms with E-state index in [0.29, 0.717) is 6.04 Å². The summed E-state index contributed by atoms with van der Waals surface area (Å²) in [5.74, 6) is 1.98. The Morgan fingerprint density at radius 3 is 2.90 bits per heavy atom. The molecule has 0 spiro atoms. The van der Waals surface area contributed by atoms with Crippen molar-refractivity contribution >= 4 is 11.8 Å². The molecule has 0 aromatic heterocycles. The van der Waals surface area contributed by atoms with Crippen LogP contribution in [0.4, 0.5) is 4.39 Å². The maximum atomic E-state index is 13.3. The Labute approximate surface area is 123 Å². The number of halogens is 1. The molecule has 0 saturated heterocycles. The SMILES string of the molecule is C[C@H](NC1CSCc2ccccc21)c1cccc(F)c1. The highest BCUT2D eigenvalue weighted by Crippen LogP contribution is 2.33. The molecule has 0 fully saturated rings. The number of fused-ring (bicyclic) bond motifs is 1. The monoisotopic (exact) mass is 287 g/mol. The van der Waals surface area contributed by atoms with Crippen molar-refractivity contribution in [2.45, 2.75) is 24.8 Å². The largest absolute Gasteiger partial charge is 0.303 e. The number of hydrogen-bond acceptors (Lipinski definition) is 2. The highest BCUT2D eigenvalue weighted by atomic mass is 32.2. The summed E-state index contributed by atoms with van der Waals surface area (Å²) in [6, 6.07) is 15.9. The third kappa shape index (κ3) is 2.89. The third-order valence-electron chi connectivity index (χ3n) is 3.77. The predicted molar refractivity (Wildman–Crippen MR) is 83.3 cm³/mol. The average Bonchev–Trinajstić information content (AvgIpc) is 2.47. The molecule has 1 heterocycles. The van der Waals surface area contributed by atoms with E-state index in [1.807, 2.05) is 17.8 Å². The van der Waals surface area contributed by atoms with Gasteiger partial charge in [-0.2, -0.15) is 11.8 Å². The number of hydrogen-bond donors (Lipinski definition) is 1. The van der Waals surface area contributed by atoms with E-state index in [1.165, 1.54) is 17.2 Å². The summed E-state index contributed by atoms with van der Waals surface area (Å²) < 4.78 is 13.3. The minimum atomic E-state index is -0.172. The molecule has 1 N–H and O–H groups in total. The molecule has 2 atom stereocenters. The van der Waals surface area contributed by atoms with Gasteiger partial charge in [0.25, 0.3) is 0 Å². The minimum absolute atomic E-state index is 0.141. The first-order chi connectivity index (χ1) is 9.74. The summed E-state index contributed by atoms with van der Waals surface area (Å²) >= 11 is 1.95. The lowest BCUT2D eigenvalue weighted by Gasteiger charge is -2.29. The Balaban J connectivity index is 1.79. The zero-order valence-corrected chi connectivity index (χ0v) is 12.3. The second kappa shape index (κ2) is 5.98. The maximum Gasteiger partial charge on any atom is 0.123 e. The molecule has 3 rings (SSSR count). The van der Waals surface area contributed by atoms with Gasteiger partial charge >= 0.3 is 0 Å². The number of benzene rings is 2. The van der Waals surface area contributed by atoms with Crippen molar-refractivity contribution < 1.29 is 4.39 Å². The minimum Gasteiger partial charge on any atom is -0.303 e. The molecule has 1 aliphatic rings. The van der Waals surface area contributed by atoms with Gasteiger partial charge in [-0.15, -0.1) is 0 Å². The van der Waals surface area contributed by atoms with Crippen molar-refractivity contribution in [3.8, 4) is 0 Å².